The summed E-state index contributed by atoms with van der Waals surface area (Å²) in [5.41, 5.74) is 10.4. The molecule has 1 aromatic heterocycles. The first-order valence-corrected chi connectivity index (χ1v) is 8.76. The van der Waals surface area contributed by atoms with Gasteiger partial charge in [-0.2, -0.15) is 0 Å². The number of aromatic nitrogens is 1. The summed E-state index contributed by atoms with van der Waals surface area (Å²) in [4.78, 5) is 16.7. The van der Waals surface area contributed by atoms with Crippen LogP contribution in [0, 0.1) is 5.92 Å². The van der Waals surface area contributed by atoms with Gasteiger partial charge in [0.05, 0.1) is 25.0 Å². The van der Waals surface area contributed by atoms with Crippen LogP contribution in [0.1, 0.15) is 39.3 Å². The number of amides is 1. The first kappa shape index (κ1) is 15.9. The third-order valence-corrected chi connectivity index (χ3v) is 5.13. The van der Waals surface area contributed by atoms with Gasteiger partial charge in [-0.3, -0.25) is 9.78 Å². The van der Waals surface area contributed by atoms with Gasteiger partial charge in [0.2, 0.25) is 0 Å². The molecule has 1 aromatic carbocycles. The summed E-state index contributed by atoms with van der Waals surface area (Å²) in [6, 6.07) is 7.90. The molecule has 2 aliphatic rings. The fraction of sp³-hybridized carbons (Fsp3) is 0.400. The number of nitrogens with zero attached hydrogens (tertiary/aromatic N) is 1. The van der Waals surface area contributed by atoms with Crippen LogP contribution in [0.4, 0.5) is 0 Å². The Hall–Kier alpha value is -2.56. The number of hydrogen-bond acceptors (Lipinski definition) is 4. The first-order valence-electron chi connectivity index (χ1n) is 8.76. The van der Waals surface area contributed by atoms with E-state index in [-0.39, 0.29) is 5.92 Å². The first-order chi connectivity index (χ1) is 12.2. The van der Waals surface area contributed by atoms with E-state index >= 15 is 0 Å². The number of nitrogens with two attached hydrogens (primary N) is 1. The van der Waals surface area contributed by atoms with Crippen molar-refractivity contribution in [2.45, 2.75) is 32.1 Å². The molecule has 5 nitrogen and oxygen atoms in total. The second-order valence-corrected chi connectivity index (χ2v) is 6.84. The van der Waals surface area contributed by atoms with E-state index in [2.05, 4.69) is 6.07 Å². The summed E-state index contributed by atoms with van der Waals surface area (Å²) in [5, 5.41) is 0. The SMILES string of the molecule is COc1cccc2c1OCC(Cc1nc3c(cc1C(N)=O)CCC3)C2. The van der Waals surface area contributed by atoms with Crippen molar-refractivity contribution in [1.82, 2.24) is 4.98 Å². The Morgan fingerprint density at radius 3 is 3.04 bits per heavy atom. The van der Waals surface area contributed by atoms with E-state index < -0.39 is 5.91 Å². The van der Waals surface area contributed by atoms with Crippen LogP contribution in [0.5, 0.6) is 11.5 Å². The van der Waals surface area contributed by atoms with E-state index in [4.69, 9.17) is 20.2 Å². The number of benzene rings is 1. The quantitative estimate of drug-likeness (QED) is 0.929. The Balaban J connectivity index is 1.60. The van der Waals surface area contributed by atoms with Crippen LogP contribution in [0.3, 0.4) is 0 Å². The summed E-state index contributed by atoms with van der Waals surface area (Å²) in [6.07, 6.45) is 4.65. The number of carbonyl (C=O) groups excluding carboxylic acids is 1. The zero-order valence-corrected chi connectivity index (χ0v) is 14.4. The number of methoxy groups -OCH3 is 1. The van der Waals surface area contributed by atoms with Crippen molar-refractivity contribution in [3.8, 4) is 11.5 Å². The fourth-order valence-electron chi connectivity index (χ4n) is 3.91. The molecule has 0 fully saturated rings. The van der Waals surface area contributed by atoms with E-state index in [1.54, 1.807) is 7.11 Å². The number of rotatable bonds is 4. The molecule has 0 bridgehead atoms. The van der Waals surface area contributed by atoms with Gasteiger partial charge in [-0.25, -0.2) is 0 Å². The Kier molecular flexibility index (Phi) is 4.07. The highest BCUT2D eigenvalue weighted by atomic mass is 16.5. The van der Waals surface area contributed by atoms with E-state index in [9.17, 15) is 4.79 Å². The molecule has 2 aromatic rings. The lowest BCUT2D eigenvalue weighted by Crippen LogP contribution is -2.25. The number of primary amides is 1. The molecule has 1 aliphatic carbocycles. The van der Waals surface area contributed by atoms with Gasteiger partial charge in [-0.05, 0) is 55.4 Å². The number of fused-ring (bicyclic) bond motifs is 2. The smallest absolute Gasteiger partial charge is 0.250 e. The summed E-state index contributed by atoms with van der Waals surface area (Å²) < 4.78 is 11.3. The molecule has 130 valence electrons. The number of aryl methyl sites for hydroxylation is 2. The highest BCUT2D eigenvalue weighted by Crippen LogP contribution is 2.37. The topological polar surface area (TPSA) is 74.4 Å². The minimum atomic E-state index is -0.393. The highest BCUT2D eigenvalue weighted by Gasteiger charge is 2.26. The van der Waals surface area contributed by atoms with Crippen molar-refractivity contribution in [1.29, 1.82) is 0 Å². The lowest BCUT2D eigenvalue weighted by Gasteiger charge is -2.26. The largest absolute Gasteiger partial charge is 0.493 e. The fourth-order valence-corrected chi connectivity index (χ4v) is 3.91. The third-order valence-electron chi connectivity index (χ3n) is 5.13. The molecule has 5 heteroatoms. The molecule has 2 N–H and O–H groups in total. The average molecular weight is 338 g/mol. The van der Waals surface area contributed by atoms with Crippen molar-refractivity contribution in [2.24, 2.45) is 11.7 Å². The number of hydrogen-bond donors (Lipinski definition) is 1. The third kappa shape index (κ3) is 2.95. The molecule has 1 atom stereocenters. The van der Waals surface area contributed by atoms with Gasteiger partial charge in [-0.1, -0.05) is 12.1 Å². The molecule has 0 saturated carbocycles. The molecule has 1 unspecified atom stereocenters. The molecule has 1 aliphatic heterocycles. The van der Waals surface area contributed by atoms with Gasteiger partial charge in [0.15, 0.2) is 11.5 Å². The Labute approximate surface area is 147 Å². The number of carbonyl (C=O) groups is 1. The summed E-state index contributed by atoms with van der Waals surface area (Å²) in [7, 11) is 1.65. The molecule has 25 heavy (non-hydrogen) atoms. The zero-order valence-electron chi connectivity index (χ0n) is 14.4. The van der Waals surface area contributed by atoms with Crippen molar-refractivity contribution in [3.05, 3.63) is 52.3 Å². The van der Waals surface area contributed by atoms with E-state index in [1.807, 2.05) is 18.2 Å². The van der Waals surface area contributed by atoms with E-state index in [0.29, 0.717) is 18.6 Å². The lowest BCUT2D eigenvalue weighted by molar-refractivity contribution is 0.0998. The zero-order chi connectivity index (χ0) is 17.4. The molecule has 1 amide bonds. The Morgan fingerprint density at radius 1 is 1.36 bits per heavy atom. The number of pyridine rings is 1. The van der Waals surface area contributed by atoms with Crippen LogP contribution in [-0.4, -0.2) is 24.6 Å². The molecular weight excluding hydrogens is 316 g/mol. The predicted molar refractivity (Wildman–Crippen MR) is 94.2 cm³/mol. The van der Waals surface area contributed by atoms with Crippen LogP contribution in [0.25, 0.3) is 0 Å². The highest BCUT2D eigenvalue weighted by molar-refractivity contribution is 5.94. The maximum Gasteiger partial charge on any atom is 0.250 e. The van der Waals surface area contributed by atoms with E-state index in [0.717, 1.165) is 54.1 Å². The van der Waals surface area contributed by atoms with Crippen LogP contribution < -0.4 is 15.2 Å². The normalized spacial score (nSPS) is 18.2. The molecular formula is C20H22N2O3. The average Bonchev–Trinajstić information content (AvgIpc) is 3.07. The minimum Gasteiger partial charge on any atom is -0.493 e. The Morgan fingerprint density at radius 2 is 2.24 bits per heavy atom. The van der Waals surface area contributed by atoms with Gasteiger partial charge < -0.3 is 15.2 Å². The van der Waals surface area contributed by atoms with Crippen molar-refractivity contribution in [3.63, 3.8) is 0 Å². The lowest BCUT2D eigenvalue weighted by atomic mass is 9.90. The van der Waals surface area contributed by atoms with Crippen molar-refractivity contribution in [2.75, 3.05) is 13.7 Å². The van der Waals surface area contributed by atoms with E-state index in [1.165, 1.54) is 5.56 Å². The summed E-state index contributed by atoms with van der Waals surface area (Å²) >= 11 is 0. The molecule has 0 saturated heterocycles. The van der Waals surface area contributed by atoms with Gasteiger partial charge in [0.25, 0.3) is 5.91 Å². The molecule has 0 spiro atoms. The van der Waals surface area contributed by atoms with Gasteiger partial charge in [0.1, 0.15) is 0 Å². The maximum absolute atomic E-state index is 11.9. The number of ether oxygens (including phenoxy) is 2. The maximum atomic E-state index is 11.9. The molecule has 2 heterocycles. The Bertz CT molecular complexity index is 832. The van der Waals surface area contributed by atoms with Crippen LogP contribution in [0.2, 0.25) is 0 Å². The van der Waals surface area contributed by atoms with Gasteiger partial charge in [0, 0.05) is 11.6 Å². The summed E-state index contributed by atoms with van der Waals surface area (Å²) in [5.74, 6) is 1.48. The monoisotopic (exact) mass is 338 g/mol. The number of para-hydroxylation sites is 1. The molecule has 0 radical (unpaired) electrons. The second-order valence-electron chi connectivity index (χ2n) is 6.84. The predicted octanol–water partition coefficient (Wildman–Crippen LogP) is 2.47. The van der Waals surface area contributed by atoms with Gasteiger partial charge in [-0.15, -0.1) is 0 Å². The van der Waals surface area contributed by atoms with Gasteiger partial charge >= 0.3 is 0 Å². The molecule has 4 rings (SSSR count). The minimum absolute atomic E-state index is 0.268. The van der Waals surface area contributed by atoms with Crippen LogP contribution in [-0.2, 0) is 25.7 Å². The van der Waals surface area contributed by atoms with Crippen LogP contribution >= 0.6 is 0 Å². The van der Waals surface area contributed by atoms with Crippen molar-refractivity contribution >= 4 is 5.91 Å². The van der Waals surface area contributed by atoms with Crippen LogP contribution in [0.15, 0.2) is 24.3 Å². The van der Waals surface area contributed by atoms with Crippen molar-refractivity contribution < 1.29 is 14.3 Å². The standard InChI is InChI=1S/C20H22N2O3/c1-24-18-7-3-5-14-8-12(11-25-19(14)18)9-17-15(20(21)23)10-13-4-2-6-16(13)22-17/h3,5,7,10,12H,2,4,6,8-9,11H2,1H3,(H2,21,23). The second kappa shape index (κ2) is 6.39. The summed E-state index contributed by atoms with van der Waals surface area (Å²) in [6.45, 7) is 0.588.